The fourth-order valence-corrected chi connectivity index (χ4v) is 3.87. The van der Waals surface area contributed by atoms with Gasteiger partial charge in [-0.15, -0.1) is 0 Å². The monoisotopic (exact) mass is 372 g/mol. The number of aromatic amines is 1. The summed E-state index contributed by atoms with van der Waals surface area (Å²) in [5.41, 5.74) is -0.238. The molecule has 2 aromatic rings. The minimum Gasteiger partial charge on any atom is -0.325 e. The Balaban J connectivity index is 2.17. The van der Waals surface area contributed by atoms with Crippen molar-refractivity contribution in [3.63, 3.8) is 0 Å². The maximum Gasteiger partial charge on any atom is 0.330 e. The van der Waals surface area contributed by atoms with Gasteiger partial charge in [0.1, 0.15) is 5.82 Å². The van der Waals surface area contributed by atoms with Gasteiger partial charge in [0.25, 0.3) is 5.56 Å². The molecule has 1 atom stereocenters. The second-order valence-corrected chi connectivity index (χ2v) is 7.93. The average molecular weight is 372 g/mol. The van der Waals surface area contributed by atoms with E-state index in [4.69, 9.17) is 9.05 Å². The van der Waals surface area contributed by atoms with E-state index in [1.165, 1.54) is 0 Å². The normalized spacial score (nSPS) is 14.1. The molecule has 140 valence electrons. The Morgan fingerprint density at radius 1 is 1.20 bits per heavy atom. The van der Waals surface area contributed by atoms with Crippen LogP contribution in [0.15, 0.2) is 9.59 Å². The second-order valence-electron chi connectivity index (χ2n) is 5.56. The standard InChI is InChI=1S/C15H25N4O5P/c1-5-11-16-13-12(18(11)4)14(20)19(15(21)17-13)9-8-10-24-25(22,7-3)23-6-2/h5-10H2,1-4H3,(H,17,21). The zero-order valence-electron chi connectivity index (χ0n) is 15.1. The molecule has 2 heterocycles. The summed E-state index contributed by atoms with van der Waals surface area (Å²) in [6, 6.07) is 0. The maximum absolute atomic E-state index is 12.6. The molecule has 0 radical (unpaired) electrons. The fraction of sp³-hybridized carbons (Fsp3) is 0.667. The quantitative estimate of drug-likeness (QED) is 0.530. The number of H-pyrrole nitrogens is 1. The van der Waals surface area contributed by atoms with Gasteiger partial charge in [-0.3, -0.25) is 18.9 Å². The van der Waals surface area contributed by atoms with Crippen molar-refractivity contribution >= 4 is 18.8 Å². The summed E-state index contributed by atoms with van der Waals surface area (Å²) in [5.74, 6) is 0.726. The highest BCUT2D eigenvalue weighted by Gasteiger charge is 2.21. The van der Waals surface area contributed by atoms with Crippen LogP contribution in [0.1, 0.15) is 33.0 Å². The lowest BCUT2D eigenvalue weighted by Crippen LogP contribution is -2.36. The second kappa shape index (κ2) is 8.12. The Kier molecular flexibility index (Phi) is 6.37. The van der Waals surface area contributed by atoms with Crippen molar-refractivity contribution in [3.8, 4) is 0 Å². The number of nitrogens with one attached hydrogen (secondary N) is 1. The van der Waals surface area contributed by atoms with Crippen LogP contribution in [0.2, 0.25) is 0 Å². The Morgan fingerprint density at radius 3 is 2.52 bits per heavy atom. The van der Waals surface area contributed by atoms with E-state index in [1.54, 1.807) is 25.5 Å². The molecule has 9 nitrogen and oxygen atoms in total. The number of aryl methyl sites for hydroxylation is 2. The van der Waals surface area contributed by atoms with E-state index in [-0.39, 0.29) is 19.3 Å². The summed E-state index contributed by atoms with van der Waals surface area (Å²) in [6.07, 6.45) is 1.30. The van der Waals surface area contributed by atoms with Crippen LogP contribution < -0.4 is 11.2 Å². The first kappa shape index (κ1) is 19.6. The molecular weight excluding hydrogens is 347 g/mol. The van der Waals surface area contributed by atoms with E-state index in [1.807, 2.05) is 6.92 Å². The third-order valence-corrected chi connectivity index (χ3v) is 5.95. The molecule has 0 spiro atoms. The lowest BCUT2D eigenvalue weighted by atomic mass is 10.4. The Labute approximate surface area is 145 Å². The number of hydrogen-bond acceptors (Lipinski definition) is 6. The molecule has 0 aromatic carbocycles. The van der Waals surface area contributed by atoms with Gasteiger partial charge in [-0.05, 0) is 13.3 Å². The Morgan fingerprint density at radius 2 is 1.92 bits per heavy atom. The summed E-state index contributed by atoms with van der Waals surface area (Å²) < 4.78 is 25.5. The van der Waals surface area contributed by atoms with Gasteiger partial charge in [-0.2, -0.15) is 0 Å². The van der Waals surface area contributed by atoms with Gasteiger partial charge in [0, 0.05) is 26.2 Å². The zero-order chi connectivity index (χ0) is 18.6. The SMILES string of the molecule is CCOP(=O)(CC)OCCCn1c(=O)[nH]c2nc(CC)n(C)c2c1=O. The topological polar surface area (TPSA) is 108 Å². The summed E-state index contributed by atoms with van der Waals surface area (Å²) >= 11 is 0. The lowest BCUT2D eigenvalue weighted by molar-refractivity contribution is 0.207. The van der Waals surface area contributed by atoms with E-state index < -0.39 is 18.8 Å². The molecule has 0 aliphatic carbocycles. The fourth-order valence-electron chi connectivity index (χ4n) is 2.63. The average Bonchev–Trinajstić information content (AvgIpc) is 2.90. The van der Waals surface area contributed by atoms with E-state index in [2.05, 4.69) is 9.97 Å². The number of imidazole rings is 1. The molecule has 1 unspecified atom stereocenters. The summed E-state index contributed by atoms with van der Waals surface area (Å²) in [4.78, 5) is 31.7. The van der Waals surface area contributed by atoms with Crippen LogP contribution >= 0.6 is 7.60 Å². The third-order valence-electron chi connectivity index (χ3n) is 3.95. The lowest BCUT2D eigenvalue weighted by Gasteiger charge is -2.15. The predicted octanol–water partition coefficient (Wildman–Crippen LogP) is 1.64. The van der Waals surface area contributed by atoms with Crippen LogP contribution in [0.25, 0.3) is 11.2 Å². The van der Waals surface area contributed by atoms with Crippen LogP contribution in [0, 0.1) is 0 Å². The summed E-state index contributed by atoms with van der Waals surface area (Å²) in [7, 11) is -1.33. The third kappa shape index (κ3) is 4.11. The Bertz CT molecular complexity index is 898. The van der Waals surface area contributed by atoms with Gasteiger partial charge < -0.3 is 13.6 Å². The van der Waals surface area contributed by atoms with Crippen molar-refractivity contribution < 1.29 is 13.6 Å². The van der Waals surface area contributed by atoms with Crippen molar-refractivity contribution in [1.82, 2.24) is 19.1 Å². The highest BCUT2D eigenvalue weighted by atomic mass is 31.2. The Hall–Kier alpha value is -1.70. The maximum atomic E-state index is 12.6. The largest absolute Gasteiger partial charge is 0.330 e. The molecule has 0 saturated heterocycles. The highest BCUT2D eigenvalue weighted by Crippen LogP contribution is 2.47. The van der Waals surface area contributed by atoms with Gasteiger partial charge in [-0.1, -0.05) is 13.8 Å². The molecule has 2 aromatic heterocycles. The minimum absolute atomic E-state index is 0.140. The van der Waals surface area contributed by atoms with Gasteiger partial charge in [-0.25, -0.2) is 9.78 Å². The molecular formula is C15H25N4O5P. The zero-order valence-corrected chi connectivity index (χ0v) is 16.0. The van der Waals surface area contributed by atoms with Crippen LogP contribution in [-0.2, 0) is 33.6 Å². The van der Waals surface area contributed by atoms with Crippen LogP contribution in [-0.4, -0.2) is 38.5 Å². The first-order chi connectivity index (χ1) is 11.9. The van der Waals surface area contributed by atoms with Crippen molar-refractivity contribution in [1.29, 1.82) is 0 Å². The van der Waals surface area contributed by atoms with Crippen molar-refractivity contribution in [3.05, 3.63) is 26.7 Å². The molecule has 0 aliphatic rings. The molecule has 0 bridgehead atoms. The molecule has 25 heavy (non-hydrogen) atoms. The molecule has 10 heteroatoms. The molecule has 0 fully saturated rings. The number of aromatic nitrogens is 4. The number of rotatable bonds is 9. The van der Waals surface area contributed by atoms with Gasteiger partial charge in [0.15, 0.2) is 11.2 Å². The van der Waals surface area contributed by atoms with Gasteiger partial charge >= 0.3 is 13.3 Å². The number of fused-ring (bicyclic) bond motifs is 1. The summed E-state index contributed by atoms with van der Waals surface area (Å²) in [5, 5.41) is 0. The van der Waals surface area contributed by atoms with E-state index in [9.17, 15) is 14.2 Å². The van der Waals surface area contributed by atoms with Crippen LogP contribution in [0.4, 0.5) is 0 Å². The van der Waals surface area contributed by atoms with Crippen LogP contribution in [0.5, 0.6) is 0 Å². The van der Waals surface area contributed by atoms with Gasteiger partial charge in [0.2, 0.25) is 0 Å². The summed E-state index contributed by atoms with van der Waals surface area (Å²) in [6.45, 7) is 6.01. The number of hydrogen-bond donors (Lipinski definition) is 1. The van der Waals surface area contributed by atoms with Crippen molar-refractivity contribution in [2.75, 3.05) is 19.4 Å². The van der Waals surface area contributed by atoms with E-state index >= 15 is 0 Å². The van der Waals surface area contributed by atoms with Crippen molar-refractivity contribution in [2.45, 2.75) is 40.2 Å². The molecule has 0 saturated carbocycles. The predicted molar refractivity (Wildman–Crippen MR) is 95.3 cm³/mol. The van der Waals surface area contributed by atoms with E-state index in [0.29, 0.717) is 30.6 Å². The number of nitrogens with zero attached hydrogens (tertiary/aromatic N) is 3. The van der Waals surface area contributed by atoms with Gasteiger partial charge in [0.05, 0.1) is 13.2 Å². The molecule has 2 rings (SSSR count). The highest BCUT2D eigenvalue weighted by molar-refractivity contribution is 7.53. The molecule has 0 aliphatic heterocycles. The van der Waals surface area contributed by atoms with E-state index in [0.717, 1.165) is 10.4 Å². The molecule has 1 N–H and O–H groups in total. The minimum atomic E-state index is -3.08. The first-order valence-corrected chi connectivity index (χ1v) is 10.2. The smallest absolute Gasteiger partial charge is 0.325 e. The van der Waals surface area contributed by atoms with Crippen molar-refractivity contribution in [2.24, 2.45) is 7.05 Å². The van der Waals surface area contributed by atoms with Crippen LogP contribution in [0.3, 0.4) is 0 Å². The molecule has 0 amide bonds. The first-order valence-electron chi connectivity index (χ1n) is 8.43.